The molecule has 0 aliphatic carbocycles. The van der Waals surface area contributed by atoms with E-state index in [9.17, 15) is 13.2 Å². The lowest BCUT2D eigenvalue weighted by atomic mass is 10.1. The Kier molecular flexibility index (Phi) is 4.45. The third-order valence-corrected chi connectivity index (χ3v) is 2.65. The molecule has 6 heteroatoms. The zero-order chi connectivity index (χ0) is 14.5. The van der Waals surface area contributed by atoms with Gasteiger partial charge in [0.05, 0.1) is 7.11 Å². The number of alkyl halides is 2. The van der Waals surface area contributed by atoms with Crippen molar-refractivity contribution in [3.8, 4) is 11.6 Å². The van der Waals surface area contributed by atoms with Crippen molar-refractivity contribution in [2.24, 2.45) is 0 Å². The molecule has 0 N–H and O–H groups in total. The number of halogens is 3. The van der Waals surface area contributed by atoms with Gasteiger partial charge in [0, 0.05) is 18.2 Å². The second-order valence-corrected chi connectivity index (χ2v) is 3.99. The van der Waals surface area contributed by atoms with Crippen LogP contribution >= 0.6 is 0 Å². The second kappa shape index (κ2) is 6.27. The number of ether oxygens (including phenoxy) is 2. The lowest BCUT2D eigenvalue weighted by Crippen LogP contribution is -2.04. The number of hydrogen-bond acceptors (Lipinski definition) is 3. The summed E-state index contributed by atoms with van der Waals surface area (Å²) in [6.07, 6.45) is 1.95. The Morgan fingerprint density at radius 3 is 2.75 bits per heavy atom. The number of benzene rings is 1. The van der Waals surface area contributed by atoms with Gasteiger partial charge >= 0.3 is 6.61 Å². The predicted molar refractivity (Wildman–Crippen MR) is 66.6 cm³/mol. The van der Waals surface area contributed by atoms with Crippen LogP contribution in [0.5, 0.6) is 11.6 Å². The zero-order valence-corrected chi connectivity index (χ0v) is 10.6. The molecule has 106 valence electrons. The Hall–Kier alpha value is -2.24. The summed E-state index contributed by atoms with van der Waals surface area (Å²) in [6, 6.07) is 7.37. The standard InChI is InChI=1S/C14H12F3NO2/c1-19-13-10(3-2-6-18-13)7-9-4-5-11(15)12(8-9)20-14(16)17/h2-6,8,14H,7H2,1H3. The Balaban J connectivity index is 2.25. The highest BCUT2D eigenvalue weighted by Gasteiger charge is 2.12. The van der Waals surface area contributed by atoms with Crippen molar-refractivity contribution < 1.29 is 22.6 Å². The smallest absolute Gasteiger partial charge is 0.387 e. The van der Waals surface area contributed by atoms with Crippen molar-refractivity contribution in [1.82, 2.24) is 4.98 Å². The molecule has 1 heterocycles. The maximum Gasteiger partial charge on any atom is 0.387 e. The Morgan fingerprint density at radius 1 is 1.25 bits per heavy atom. The largest absolute Gasteiger partial charge is 0.481 e. The van der Waals surface area contributed by atoms with E-state index in [1.807, 2.05) is 0 Å². The van der Waals surface area contributed by atoms with Crippen LogP contribution in [0.25, 0.3) is 0 Å². The fraction of sp³-hybridized carbons (Fsp3) is 0.214. The number of nitrogens with zero attached hydrogens (tertiary/aromatic N) is 1. The maximum atomic E-state index is 13.3. The molecule has 0 aliphatic rings. The summed E-state index contributed by atoms with van der Waals surface area (Å²) in [7, 11) is 1.49. The van der Waals surface area contributed by atoms with Crippen LogP contribution in [0.2, 0.25) is 0 Å². The van der Waals surface area contributed by atoms with Crippen molar-refractivity contribution in [3.63, 3.8) is 0 Å². The van der Waals surface area contributed by atoms with Crippen LogP contribution < -0.4 is 9.47 Å². The van der Waals surface area contributed by atoms with E-state index in [-0.39, 0.29) is 0 Å². The molecular weight excluding hydrogens is 271 g/mol. The fourth-order valence-corrected chi connectivity index (χ4v) is 1.81. The van der Waals surface area contributed by atoms with Gasteiger partial charge in [0.25, 0.3) is 0 Å². The van der Waals surface area contributed by atoms with Gasteiger partial charge in [-0.2, -0.15) is 8.78 Å². The summed E-state index contributed by atoms with van der Waals surface area (Å²) >= 11 is 0. The summed E-state index contributed by atoms with van der Waals surface area (Å²) in [6.45, 7) is -3.06. The van der Waals surface area contributed by atoms with Crippen LogP contribution in [-0.4, -0.2) is 18.7 Å². The molecule has 0 fully saturated rings. The van der Waals surface area contributed by atoms with Crippen molar-refractivity contribution in [2.45, 2.75) is 13.0 Å². The molecule has 0 atom stereocenters. The van der Waals surface area contributed by atoms with E-state index in [1.54, 1.807) is 18.3 Å². The van der Waals surface area contributed by atoms with E-state index in [4.69, 9.17) is 4.74 Å². The molecule has 1 aromatic carbocycles. The Bertz CT molecular complexity index is 590. The molecule has 0 saturated carbocycles. The van der Waals surface area contributed by atoms with Gasteiger partial charge in [0.1, 0.15) is 0 Å². The number of pyridine rings is 1. The number of rotatable bonds is 5. The molecule has 0 bridgehead atoms. The molecule has 0 radical (unpaired) electrons. The first kappa shape index (κ1) is 14.2. The van der Waals surface area contributed by atoms with Crippen LogP contribution in [0.15, 0.2) is 36.5 Å². The van der Waals surface area contributed by atoms with E-state index in [1.165, 1.54) is 19.2 Å². The molecule has 20 heavy (non-hydrogen) atoms. The van der Waals surface area contributed by atoms with E-state index < -0.39 is 18.2 Å². The molecule has 0 amide bonds. The first-order chi connectivity index (χ1) is 9.60. The summed E-state index contributed by atoms with van der Waals surface area (Å²) in [5.74, 6) is -0.860. The Labute approximate surface area is 114 Å². The van der Waals surface area contributed by atoms with Crippen molar-refractivity contribution in [3.05, 3.63) is 53.5 Å². The lowest BCUT2D eigenvalue weighted by Gasteiger charge is -2.10. The molecule has 2 aromatic rings. The van der Waals surface area contributed by atoms with Crippen LogP contribution in [0.1, 0.15) is 11.1 Å². The molecular formula is C14H12F3NO2. The average Bonchev–Trinajstić information content (AvgIpc) is 2.42. The summed E-state index contributed by atoms with van der Waals surface area (Å²) in [5.41, 5.74) is 1.39. The molecule has 1 aromatic heterocycles. The van der Waals surface area contributed by atoms with E-state index in [2.05, 4.69) is 9.72 Å². The second-order valence-electron chi connectivity index (χ2n) is 3.99. The fourth-order valence-electron chi connectivity index (χ4n) is 1.81. The van der Waals surface area contributed by atoms with Gasteiger partial charge in [-0.1, -0.05) is 12.1 Å². The highest BCUT2D eigenvalue weighted by atomic mass is 19.3. The Morgan fingerprint density at radius 2 is 2.05 bits per heavy atom. The summed E-state index contributed by atoms with van der Waals surface area (Å²) < 4.78 is 46.9. The van der Waals surface area contributed by atoms with Gasteiger partial charge in [-0.25, -0.2) is 9.37 Å². The molecule has 0 unspecified atom stereocenters. The number of methoxy groups -OCH3 is 1. The topological polar surface area (TPSA) is 31.4 Å². The first-order valence-corrected chi connectivity index (χ1v) is 5.81. The average molecular weight is 283 g/mol. The van der Waals surface area contributed by atoms with Gasteiger partial charge in [-0.3, -0.25) is 0 Å². The molecule has 0 saturated heterocycles. The van der Waals surface area contributed by atoms with Crippen LogP contribution in [0, 0.1) is 5.82 Å². The molecule has 0 aliphatic heterocycles. The van der Waals surface area contributed by atoms with Gasteiger partial charge in [-0.05, 0) is 23.8 Å². The van der Waals surface area contributed by atoms with Crippen molar-refractivity contribution in [1.29, 1.82) is 0 Å². The highest BCUT2D eigenvalue weighted by molar-refractivity contribution is 5.36. The molecule has 2 rings (SSSR count). The monoisotopic (exact) mass is 283 g/mol. The van der Waals surface area contributed by atoms with Crippen LogP contribution in [0.4, 0.5) is 13.2 Å². The normalized spacial score (nSPS) is 10.7. The third kappa shape index (κ3) is 3.40. The van der Waals surface area contributed by atoms with Gasteiger partial charge < -0.3 is 9.47 Å². The minimum atomic E-state index is -3.06. The van der Waals surface area contributed by atoms with Gasteiger partial charge in [0.15, 0.2) is 11.6 Å². The summed E-state index contributed by atoms with van der Waals surface area (Å²) in [4.78, 5) is 4.03. The van der Waals surface area contributed by atoms with E-state index in [0.29, 0.717) is 17.9 Å². The zero-order valence-electron chi connectivity index (χ0n) is 10.6. The summed E-state index contributed by atoms with van der Waals surface area (Å²) in [5, 5.41) is 0. The van der Waals surface area contributed by atoms with Gasteiger partial charge in [-0.15, -0.1) is 0 Å². The molecule has 3 nitrogen and oxygen atoms in total. The highest BCUT2D eigenvalue weighted by Crippen LogP contribution is 2.24. The maximum absolute atomic E-state index is 13.3. The van der Waals surface area contributed by atoms with E-state index in [0.717, 1.165) is 11.6 Å². The van der Waals surface area contributed by atoms with Crippen molar-refractivity contribution >= 4 is 0 Å². The van der Waals surface area contributed by atoms with Crippen LogP contribution in [0.3, 0.4) is 0 Å². The lowest BCUT2D eigenvalue weighted by molar-refractivity contribution is -0.0522. The quantitative estimate of drug-likeness (QED) is 0.842. The third-order valence-electron chi connectivity index (χ3n) is 2.65. The molecule has 0 spiro atoms. The minimum absolute atomic E-state index is 0.372. The van der Waals surface area contributed by atoms with Crippen LogP contribution in [-0.2, 0) is 6.42 Å². The first-order valence-electron chi connectivity index (χ1n) is 5.81. The number of hydrogen-bond donors (Lipinski definition) is 0. The van der Waals surface area contributed by atoms with E-state index >= 15 is 0 Å². The predicted octanol–water partition coefficient (Wildman–Crippen LogP) is 3.42. The van der Waals surface area contributed by atoms with Gasteiger partial charge in [0.2, 0.25) is 5.88 Å². The van der Waals surface area contributed by atoms with Crippen molar-refractivity contribution in [2.75, 3.05) is 7.11 Å². The minimum Gasteiger partial charge on any atom is -0.481 e. The number of aromatic nitrogens is 1. The SMILES string of the molecule is COc1ncccc1Cc1ccc(F)c(OC(F)F)c1.